The number of hydrogen-bond acceptors (Lipinski definition) is 4. The number of aryl methyl sites for hydroxylation is 1. The van der Waals surface area contributed by atoms with Gasteiger partial charge in [-0.1, -0.05) is 6.07 Å². The van der Waals surface area contributed by atoms with E-state index in [4.69, 9.17) is 5.11 Å². The second-order valence-corrected chi connectivity index (χ2v) is 6.32. The van der Waals surface area contributed by atoms with Gasteiger partial charge in [0.15, 0.2) is 0 Å². The maximum Gasteiger partial charge on any atom is 0.241 e. The molecule has 0 amide bonds. The molecule has 2 rings (SSSR count). The van der Waals surface area contributed by atoms with E-state index in [0.29, 0.717) is 6.54 Å². The van der Waals surface area contributed by atoms with E-state index in [2.05, 4.69) is 9.82 Å². The number of aromatic nitrogens is 2. The summed E-state index contributed by atoms with van der Waals surface area (Å²) in [6.45, 7) is 1.88. The molecule has 1 aromatic carbocycles. The minimum absolute atomic E-state index is 0.116. The van der Waals surface area contributed by atoms with Crippen LogP contribution in [0, 0.1) is 12.7 Å². The second kappa shape index (κ2) is 6.33. The molecular weight excluding hydrogens is 297 g/mol. The quantitative estimate of drug-likeness (QED) is 0.826. The maximum atomic E-state index is 13.2. The first-order chi connectivity index (χ1) is 9.92. The van der Waals surface area contributed by atoms with Crippen molar-refractivity contribution in [2.45, 2.75) is 25.0 Å². The van der Waals surface area contributed by atoms with Gasteiger partial charge in [0.1, 0.15) is 5.82 Å². The van der Waals surface area contributed by atoms with Crippen LogP contribution in [0.15, 0.2) is 35.5 Å². The van der Waals surface area contributed by atoms with E-state index in [1.54, 1.807) is 17.1 Å². The lowest BCUT2D eigenvalue weighted by atomic mass is 10.2. The normalized spacial score (nSPS) is 11.8. The minimum atomic E-state index is -3.88. The highest BCUT2D eigenvalue weighted by Crippen LogP contribution is 2.17. The van der Waals surface area contributed by atoms with Crippen LogP contribution in [0.1, 0.15) is 11.1 Å². The molecule has 1 aromatic heterocycles. The van der Waals surface area contributed by atoms with Crippen molar-refractivity contribution in [3.8, 4) is 0 Å². The number of hydrogen-bond donors (Lipinski definition) is 2. The SMILES string of the molecule is Cc1cnn(CCNS(=O)(=O)c2cc(F)ccc2CO)c1. The Morgan fingerprint density at radius 2 is 2.19 bits per heavy atom. The van der Waals surface area contributed by atoms with Gasteiger partial charge in [-0.2, -0.15) is 5.10 Å². The third-order valence-corrected chi connectivity index (χ3v) is 4.43. The van der Waals surface area contributed by atoms with E-state index in [-0.39, 0.29) is 17.0 Å². The van der Waals surface area contributed by atoms with E-state index in [1.165, 1.54) is 6.07 Å². The van der Waals surface area contributed by atoms with Crippen molar-refractivity contribution in [1.29, 1.82) is 0 Å². The molecule has 0 saturated heterocycles. The largest absolute Gasteiger partial charge is 0.392 e. The molecule has 6 nitrogen and oxygen atoms in total. The van der Waals surface area contributed by atoms with Crippen LogP contribution in [-0.4, -0.2) is 29.8 Å². The maximum absolute atomic E-state index is 13.2. The topological polar surface area (TPSA) is 84.2 Å². The van der Waals surface area contributed by atoms with Crippen molar-refractivity contribution in [1.82, 2.24) is 14.5 Å². The number of aliphatic hydroxyl groups excluding tert-OH is 1. The lowest BCUT2D eigenvalue weighted by molar-refractivity contribution is 0.278. The summed E-state index contributed by atoms with van der Waals surface area (Å²) < 4.78 is 41.5. The Morgan fingerprint density at radius 3 is 2.81 bits per heavy atom. The number of sulfonamides is 1. The van der Waals surface area contributed by atoms with Gasteiger partial charge in [0.25, 0.3) is 0 Å². The van der Waals surface area contributed by atoms with Gasteiger partial charge < -0.3 is 5.11 Å². The van der Waals surface area contributed by atoms with Crippen molar-refractivity contribution >= 4 is 10.0 Å². The number of halogens is 1. The van der Waals surface area contributed by atoms with Gasteiger partial charge in [0.05, 0.1) is 24.2 Å². The average molecular weight is 313 g/mol. The van der Waals surface area contributed by atoms with Gasteiger partial charge >= 0.3 is 0 Å². The number of nitrogens with one attached hydrogen (secondary N) is 1. The summed E-state index contributed by atoms with van der Waals surface area (Å²) in [7, 11) is -3.88. The summed E-state index contributed by atoms with van der Waals surface area (Å²) >= 11 is 0. The summed E-state index contributed by atoms with van der Waals surface area (Å²) in [6, 6.07) is 3.25. The van der Waals surface area contributed by atoms with Crippen molar-refractivity contribution in [3.63, 3.8) is 0 Å². The molecule has 0 bridgehead atoms. The van der Waals surface area contributed by atoms with Crippen molar-refractivity contribution in [2.75, 3.05) is 6.54 Å². The molecule has 2 aromatic rings. The zero-order valence-electron chi connectivity index (χ0n) is 11.5. The first-order valence-corrected chi connectivity index (χ1v) is 7.79. The Kier molecular flexibility index (Phi) is 4.71. The predicted molar refractivity (Wildman–Crippen MR) is 74.5 cm³/mol. The molecule has 1 heterocycles. The van der Waals surface area contributed by atoms with Crippen LogP contribution in [0.25, 0.3) is 0 Å². The molecule has 21 heavy (non-hydrogen) atoms. The standard InChI is InChI=1S/C13H16FN3O3S/c1-10-7-15-17(8-10)5-4-16-21(19,20)13-6-12(14)3-2-11(13)9-18/h2-3,6-8,16,18H,4-5,9H2,1H3. The lowest BCUT2D eigenvalue weighted by Gasteiger charge is -2.10. The molecular formula is C13H16FN3O3S. The Balaban J connectivity index is 2.09. The van der Waals surface area contributed by atoms with Gasteiger partial charge in [0.2, 0.25) is 10.0 Å². The highest BCUT2D eigenvalue weighted by atomic mass is 32.2. The molecule has 0 saturated carbocycles. The van der Waals surface area contributed by atoms with E-state index < -0.39 is 22.4 Å². The second-order valence-electron chi connectivity index (χ2n) is 4.59. The summed E-state index contributed by atoms with van der Waals surface area (Å²) in [4.78, 5) is -0.248. The van der Waals surface area contributed by atoms with E-state index in [9.17, 15) is 12.8 Å². The Morgan fingerprint density at radius 1 is 1.43 bits per heavy atom. The van der Waals surface area contributed by atoms with Gasteiger partial charge in [-0.15, -0.1) is 0 Å². The van der Waals surface area contributed by atoms with Gasteiger partial charge in [-0.3, -0.25) is 4.68 Å². The zero-order valence-corrected chi connectivity index (χ0v) is 12.3. The summed E-state index contributed by atoms with van der Waals surface area (Å²) in [5.74, 6) is -0.671. The fourth-order valence-corrected chi connectivity index (χ4v) is 3.13. The van der Waals surface area contributed by atoms with Crippen molar-refractivity contribution in [3.05, 3.63) is 47.5 Å². The molecule has 8 heteroatoms. The predicted octanol–water partition coefficient (Wildman–Crippen LogP) is 0.801. The highest BCUT2D eigenvalue weighted by Gasteiger charge is 2.18. The fraction of sp³-hybridized carbons (Fsp3) is 0.308. The van der Waals surface area contributed by atoms with E-state index in [1.807, 2.05) is 6.92 Å². The van der Waals surface area contributed by atoms with Gasteiger partial charge in [-0.05, 0) is 30.2 Å². The fourth-order valence-electron chi connectivity index (χ4n) is 1.87. The van der Waals surface area contributed by atoms with Crippen LogP contribution >= 0.6 is 0 Å². The smallest absolute Gasteiger partial charge is 0.241 e. The molecule has 114 valence electrons. The molecule has 0 radical (unpaired) electrons. The Labute approximate surface area is 122 Å². The van der Waals surface area contributed by atoms with Crippen LogP contribution < -0.4 is 4.72 Å². The molecule has 0 spiro atoms. The molecule has 0 aliphatic carbocycles. The Hall–Kier alpha value is -1.77. The Bertz CT molecular complexity index is 728. The molecule has 0 aliphatic rings. The molecule has 2 N–H and O–H groups in total. The first-order valence-electron chi connectivity index (χ1n) is 6.30. The van der Waals surface area contributed by atoms with Crippen LogP contribution in [0.2, 0.25) is 0 Å². The summed E-state index contributed by atoms with van der Waals surface area (Å²) in [5, 5.41) is 13.2. The number of nitrogens with zero attached hydrogens (tertiary/aromatic N) is 2. The molecule has 0 atom stereocenters. The van der Waals surface area contributed by atoms with Crippen LogP contribution in [0.3, 0.4) is 0 Å². The molecule has 0 unspecified atom stereocenters. The lowest BCUT2D eigenvalue weighted by Crippen LogP contribution is -2.28. The van der Waals surface area contributed by atoms with Crippen LogP contribution in [0.5, 0.6) is 0 Å². The summed E-state index contributed by atoms with van der Waals surface area (Å²) in [5.41, 5.74) is 1.13. The summed E-state index contributed by atoms with van der Waals surface area (Å²) in [6.07, 6.45) is 3.46. The average Bonchev–Trinajstić information content (AvgIpc) is 2.84. The molecule has 0 aliphatic heterocycles. The molecule has 0 fully saturated rings. The zero-order chi connectivity index (χ0) is 15.5. The van der Waals surface area contributed by atoms with E-state index >= 15 is 0 Å². The highest BCUT2D eigenvalue weighted by molar-refractivity contribution is 7.89. The third-order valence-electron chi connectivity index (χ3n) is 2.88. The van der Waals surface area contributed by atoms with Crippen molar-refractivity contribution < 1.29 is 17.9 Å². The van der Waals surface area contributed by atoms with Gasteiger partial charge in [0, 0.05) is 12.7 Å². The first kappa shape index (κ1) is 15.6. The number of rotatable bonds is 6. The number of benzene rings is 1. The van der Waals surface area contributed by atoms with Crippen molar-refractivity contribution in [2.24, 2.45) is 0 Å². The van der Waals surface area contributed by atoms with E-state index in [0.717, 1.165) is 17.7 Å². The minimum Gasteiger partial charge on any atom is -0.392 e. The third kappa shape index (κ3) is 3.87. The van der Waals surface area contributed by atoms with Crippen LogP contribution in [-0.2, 0) is 23.2 Å². The van der Waals surface area contributed by atoms with Gasteiger partial charge in [-0.25, -0.2) is 17.5 Å². The monoisotopic (exact) mass is 313 g/mol. The number of aliphatic hydroxyl groups is 1. The van der Waals surface area contributed by atoms with Crippen LogP contribution in [0.4, 0.5) is 4.39 Å².